The van der Waals surface area contributed by atoms with Gasteiger partial charge in [-0.1, -0.05) is 24.3 Å². The van der Waals surface area contributed by atoms with Crippen molar-refractivity contribution in [3.63, 3.8) is 0 Å². The van der Waals surface area contributed by atoms with Gasteiger partial charge < -0.3 is 5.11 Å². The van der Waals surface area contributed by atoms with E-state index in [9.17, 15) is 14.7 Å². The van der Waals surface area contributed by atoms with Crippen molar-refractivity contribution in [2.45, 2.75) is 11.8 Å². The van der Waals surface area contributed by atoms with E-state index in [1.165, 1.54) is 23.9 Å². The molecule has 0 aliphatic heterocycles. The lowest BCUT2D eigenvalue weighted by molar-refractivity contribution is -0.119. The molecule has 2 amide bonds. The Morgan fingerprint density at radius 3 is 2.59 bits per heavy atom. The fourth-order valence-corrected chi connectivity index (χ4v) is 2.57. The first kappa shape index (κ1) is 15.9. The van der Waals surface area contributed by atoms with E-state index in [4.69, 9.17) is 0 Å². The normalized spacial score (nSPS) is 10.0. The summed E-state index contributed by atoms with van der Waals surface area (Å²) in [5, 5.41) is 9.30. The number of hydrogen-bond acceptors (Lipinski definition) is 4. The van der Waals surface area contributed by atoms with Crippen molar-refractivity contribution in [2.24, 2.45) is 0 Å². The molecule has 2 aromatic rings. The SMILES string of the molecule is Cc1ccccc1SCC(=O)NNC(=O)c1cccc(O)c1. The molecule has 0 unspecified atom stereocenters. The van der Waals surface area contributed by atoms with E-state index in [-0.39, 0.29) is 23.0 Å². The molecule has 0 radical (unpaired) electrons. The minimum atomic E-state index is -0.481. The highest BCUT2D eigenvalue weighted by Crippen LogP contribution is 2.21. The molecular formula is C16H16N2O3S. The van der Waals surface area contributed by atoms with Crippen LogP contribution in [0.3, 0.4) is 0 Å². The Hall–Kier alpha value is -2.47. The molecule has 3 N–H and O–H groups in total. The molecule has 22 heavy (non-hydrogen) atoms. The molecule has 0 saturated carbocycles. The number of phenols is 1. The molecule has 114 valence electrons. The predicted molar refractivity (Wildman–Crippen MR) is 85.6 cm³/mol. The van der Waals surface area contributed by atoms with E-state index in [1.807, 2.05) is 31.2 Å². The van der Waals surface area contributed by atoms with Gasteiger partial charge in [-0.25, -0.2) is 0 Å². The lowest BCUT2D eigenvalue weighted by Gasteiger charge is -2.08. The molecule has 0 atom stereocenters. The second-order valence-electron chi connectivity index (χ2n) is 4.61. The molecule has 0 aliphatic carbocycles. The van der Waals surface area contributed by atoms with E-state index < -0.39 is 5.91 Å². The first-order valence-electron chi connectivity index (χ1n) is 6.63. The van der Waals surface area contributed by atoms with Crippen LogP contribution in [0.25, 0.3) is 0 Å². The highest BCUT2D eigenvalue weighted by molar-refractivity contribution is 8.00. The van der Waals surface area contributed by atoms with Crippen LogP contribution in [-0.2, 0) is 4.79 Å². The monoisotopic (exact) mass is 316 g/mol. The third-order valence-electron chi connectivity index (χ3n) is 2.88. The van der Waals surface area contributed by atoms with Gasteiger partial charge in [-0.2, -0.15) is 0 Å². The van der Waals surface area contributed by atoms with Crippen LogP contribution >= 0.6 is 11.8 Å². The van der Waals surface area contributed by atoms with Gasteiger partial charge in [0.2, 0.25) is 5.91 Å². The number of nitrogens with one attached hydrogen (secondary N) is 2. The molecule has 0 saturated heterocycles. The Kier molecular flexibility index (Phi) is 5.43. The van der Waals surface area contributed by atoms with Crippen molar-refractivity contribution in [1.82, 2.24) is 10.9 Å². The largest absolute Gasteiger partial charge is 0.508 e. The lowest BCUT2D eigenvalue weighted by Crippen LogP contribution is -2.42. The van der Waals surface area contributed by atoms with Gasteiger partial charge in [0.05, 0.1) is 5.75 Å². The van der Waals surface area contributed by atoms with E-state index in [1.54, 1.807) is 12.1 Å². The molecule has 0 aliphatic rings. The molecule has 0 bridgehead atoms. The highest BCUT2D eigenvalue weighted by Gasteiger charge is 2.08. The van der Waals surface area contributed by atoms with Crippen LogP contribution in [0.2, 0.25) is 0 Å². The second-order valence-corrected chi connectivity index (χ2v) is 5.62. The lowest BCUT2D eigenvalue weighted by atomic mass is 10.2. The highest BCUT2D eigenvalue weighted by atomic mass is 32.2. The van der Waals surface area contributed by atoms with Crippen molar-refractivity contribution in [3.05, 3.63) is 59.7 Å². The van der Waals surface area contributed by atoms with E-state index >= 15 is 0 Å². The third kappa shape index (κ3) is 4.53. The number of aryl methyl sites for hydroxylation is 1. The Bertz CT molecular complexity index is 689. The Morgan fingerprint density at radius 2 is 1.86 bits per heavy atom. The minimum Gasteiger partial charge on any atom is -0.508 e. The fourth-order valence-electron chi connectivity index (χ4n) is 1.74. The molecule has 2 rings (SSSR count). The maximum Gasteiger partial charge on any atom is 0.269 e. The van der Waals surface area contributed by atoms with Crippen molar-refractivity contribution >= 4 is 23.6 Å². The van der Waals surface area contributed by atoms with Gasteiger partial charge in [-0.15, -0.1) is 11.8 Å². The zero-order valence-electron chi connectivity index (χ0n) is 12.0. The molecule has 0 fully saturated rings. The first-order chi connectivity index (χ1) is 10.6. The molecule has 0 spiro atoms. The van der Waals surface area contributed by atoms with Gasteiger partial charge in [-0.3, -0.25) is 20.4 Å². The predicted octanol–water partition coefficient (Wildman–Crippen LogP) is 2.25. The van der Waals surface area contributed by atoms with Crippen LogP contribution in [0.5, 0.6) is 5.75 Å². The van der Waals surface area contributed by atoms with Crippen LogP contribution in [0.15, 0.2) is 53.4 Å². The zero-order valence-corrected chi connectivity index (χ0v) is 12.8. The zero-order chi connectivity index (χ0) is 15.9. The quantitative estimate of drug-likeness (QED) is 0.597. The summed E-state index contributed by atoms with van der Waals surface area (Å²) < 4.78 is 0. The first-order valence-corrected chi connectivity index (χ1v) is 7.61. The molecule has 2 aromatic carbocycles. The number of phenolic OH excluding ortho intramolecular Hbond substituents is 1. The third-order valence-corrected chi connectivity index (χ3v) is 4.05. The van der Waals surface area contributed by atoms with E-state index in [0.717, 1.165) is 10.5 Å². The van der Waals surface area contributed by atoms with Crippen molar-refractivity contribution in [1.29, 1.82) is 0 Å². The molecule has 0 aromatic heterocycles. The van der Waals surface area contributed by atoms with Crippen LogP contribution in [0.1, 0.15) is 15.9 Å². The summed E-state index contributed by atoms with van der Waals surface area (Å²) in [5.74, 6) is -0.591. The second kappa shape index (κ2) is 7.51. The van der Waals surface area contributed by atoms with Gasteiger partial charge in [0.25, 0.3) is 5.91 Å². The van der Waals surface area contributed by atoms with Gasteiger partial charge in [0.1, 0.15) is 5.75 Å². The van der Waals surface area contributed by atoms with Crippen molar-refractivity contribution in [2.75, 3.05) is 5.75 Å². The van der Waals surface area contributed by atoms with Gasteiger partial charge in [-0.05, 0) is 36.8 Å². The topological polar surface area (TPSA) is 78.4 Å². The maximum atomic E-state index is 11.8. The fraction of sp³-hybridized carbons (Fsp3) is 0.125. The number of aromatic hydroxyl groups is 1. The van der Waals surface area contributed by atoms with E-state index in [0.29, 0.717) is 0 Å². The average Bonchev–Trinajstić information content (AvgIpc) is 2.52. The number of amides is 2. The van der Waals surface area contributed by atoms with Gasteiger partial charge in [0, 0.05) is 10.5 Å². The molecule has 6 heteroatoms. The smallest absolute Gasteiger partial charge is 0.269 e. The molecule has 5 nitrogen and oxygen atoms in total. The summed E-state index contributed by atoms with van der Waals surface area (Å²) >= 11 is 1.40. The summed E-state index contributed by atoms with van der Waals surface area (Å²) in [7, 11) is 0. The van der Waals surface area contributed by atoms with Crippen LogP contribution in [0, 0.1) is 6.92 Å². The van der Waals surface area contributed by atoms with Crippen LogP contribution < -0.4 is 10.9 Å². The van der Waals surface area contributed by atoms with Crippen LogP contribution in [-0.4, -0.2) is 22.7 Å². The standard InChI is InChI=1S/C16H16N2O3S/c1-11-5-2-3-8-14(11)22-10-15(20)17-18-16(21)12-6-4-7-13(19)9-12/h2-9,19H,10H2,1H3,(H,17,20)(H,18,21). The Morgan fingerprint density at radius 1 is 1.09 bits per heavy atom. The number of carbonyl (C=O) groups excluding carboxylic acids is 2. The summed E-state index contributed by atoms with van der Waals surface area (Å²) in [6.07, 6.45) is 0. The molecule has 0 heterocycles. The number of rotatable bonds is 4. The number of hydrogen-bond donors (Lipinski definition) is 3. The van der Waals surface area contributed by atoms with E-state index in [2.05, 4.69) is 10.9 Å². The van der Waals surface area contributed by atoms with Crippen molar-refractivity contribution < 1.29 is 14.7 Å². The van der Waals surface area contributed by atoms with Gasteiger partial charge in [0.15, 0.2) is 0 Å². The number of hydrazine groups is 1. The number of carbonyl (C=O) groups is 2. The maximum absolute atomic E-state index is 11.8. The summed E-state index contributed by atoms with van der Waals surface area (Å²) in [6, 6.07) is 13.7. The number of thioether (sulfide) groups is 1. The Labute approximate surface area is 132 Å². The summed E-state index contributed by atoms with van der Waals surface area (Å²) in [6.45, 7) is 1.98. The van der Waals surface area contributed by atoms with Gasteiger partial charge >= 0.3 is 0 Å². The minimum absolute atomic E-state index is 0.00548. The van der Waals surface area contributed by atoms with Crippen LogP contribution in [0.4, 0.5) is 0 Å². The Balaban J connectivity index is 1.81. The van der Waals surface area contributed by atoms with Crippen molar-refractivity contribution in [3.8, 4) is 5.75 Å². The summed E-state index contributed by atoms with van der Waals surface area (Å²) in [5.41, 5.74) is 6.03. The molecular weight excluding hydrogens is 300 g/mol. The summed E-state index contributed by atoms with van der Waals surface area (Å²) in [4.78, 5) is 24.5. The number of benzene rings is 2. The average molecular weight is 316 g/mol.